The number of fused-ring (bicyclic) bond motifs is 1. The molecule has 3 N–H and O–H groups in total. The van der Waals surface area contributed by atoms with Gasteiger partial charge in [0.25, 0.3) is 5.91 Å². The molecule has 0 aromatic heterocycles. The normalized spacial score (nSPS) is 21.3. The van der Waals surface area contributed by atoms with E-state index in [4.69, 9.17) is 9.47 Å². The second-order valence-electron chi connectivity index (χ2n) is 15.2. The molecule has 3 rings (SSSR count). The average molecular weight is 643 g/mol. The summed E-state index contributed by atoms with van der Waals surface area (Å²) in [6.45, 7) is 17.4. The number of likely N-dealkylation sites (tertiary alicyclic amines) is 1. The van der Waals surface area contributed by atoms with Crippen molar-refractivity contribution in [2.24, 2.45) is 22.7 Å². The molecule has 5 atom stereocenters. The molecule has 5 unspecified atom stereocenters. The lowest BCUT2D eigenvalue weighted by molar-refractivity contribution is -0.145. The summed E-state index contributed by atoms with van der Waals surface area (Å²) >= 11 is 0. The van der Waals surface area contributed by atoms with Crippen LogP contribution in [0.5, 0.6) is 5.75 Å². The predicted octanol–water partition coefficient (Wildman–Crippen LogP) is 4.02. The van der Waals surface area contributed by atoms with E-state index in [9.17, 15) is 24.0 Å². The number of nitrogens with one attached hydrogen (secondary N) is 3. The van der Waals surface area contributed by atoms with Crippen molar-refractivity contribution in [2.45, 2.75) is 112 Å². The minimum Gasteiger partial charge on any atom is -0.496 e. The number of unbranched alkanes of at least 4 members (excludes halogenated alkanes) is 1. The molecular formula is C35H54N4O7. The number of alkyl carbamates (subject to hydrolysis) is 1. The van der Waals surface area contributed by atoms with Crippen LogP contribution in [0.15, 0.2) is 24.3 Å². The van der Waals surface area contributed by atoms with Crippen LogP contribution in [0.25, 0.3) is 0 Å². The van der Waals surface area contributed by atoms with Gasteiger partial charge in [-0.3, -0.25) is 19.2 Å². The molecule has 1 saturated carbocycles. The van der Waals surface area contributed by atoms with Gasteiger partial charge in [-0.2, -0.15) is 0 Å². The molecule has 0 spiro atoms. The van der Waals surface area contributed by atoms with Crippen LogP contribution in [0.2, 0.25) is 0 Å². The first-order valence-corrected chi connectivity index (χ1v) is 16.4. The number of amides is 4. The van der Waals surface area contributed by atoms with Gasteiger partial charge in [0.1, 0.15) is 23.4 Å². The van der Waals surface area contributed by atoms with Crippen LogP contribution >= 0.6 is 0 Å². The van der Waals surface area contributed by atoms with E-state index in [0.29, 0.717) is 31.6 Å². The summed E-state index contributed by atoms with van der Waals surface area (Å²) < 4.78 is 10.8. The summed E-state index contributed by atoms with van der Waals surface area (Å²) in [6.07, 6.45) is 1.45. The monoisotopic (exact) mass is 642 g/mol. The number of carbonyl (C=O) groups is 5. The number of methoxy groups -OCH3 is 1. The summed E-state index contributed by atoms with van der Waals surface area (Å²) in [4.78, 5) is 68.8. The Morgan fingerprint density at radius 3 is 2.26 bits per heavy atom. The van der Waals surface area contributed by atoms with E-state index in [2.05, 4.69) is 29.8 Å². The zero-order valence-corrected chi connectivity index (χ0v) is 29.2. The van der Waals surface area contributed by atoms with Crippen LogP contribution in [0, 0.1) is 22.7 Å². The topological polar surface area (TPSA) is 143 Å². The number of para-hydroxylation sites is 1. The molecule has 2 aliphatic rings. The van der Waals surface area contributed by atoms with Gasteiger partial charge in [0.2, 0.25) is 17.6 Å². The zero-order valence-electron chi connectivity index (χ0n) is 29.2. The van der Waals surface area contributed by atoms with Crippen LogP contribution in [0.3, 0.4) is 0 Å². The fraction of sp³-hybridized carbons (Fsp3) is 0.686. The number of carbonyl (C=O) groups excluding carboxylic acids is 5. The lowest BCUT2D eigenvalue weighted by atomic mass is 9.85. The largest absolute Gasteiger partial charge is 0.496 e. The molecule has 1 saturated heterocycles. The highest BCUT2D eigenvalue weighted by Crippen LogP contribution is 2.65. The van der Waals surface area contributed by atoms with Crippen molar-refractivity contribution in [1.82, 2.24) is 20.9 Å². The number of Topliss-reactive ketones (excluding diaryl/α,β-unsaturated/α-hetero) is 1. The van der Waals surface area contributed by atoms with E-state index in [0.717, 1.165) is 12.0 Å². The van der Waals surface area contributed by atoms with Crippen LogP contribution in [0.1, 0.15) is 87.1 Å². The summed E-state index contributed by atoms with van der Waals surface area (Å²) in [5.74, 6) is -1.66. The first-order chi connectivity index (χ1) is 21.3. The smallest absolute Gasteiger partial charge is 0.408 e. The lowest BCUT2D eigenvalue weighted by Gasteiger charge is -2.38. The van der Waals surface area contributed by atoms with E-state index in [1.165, 1.54) is 4.90 Å². The van der Waals surface area contributed by atoms with Crippen LogP contribution in [-0.4, -0.2) is 78.4 Å². The van der Waals surface area contributed by atoms with Crippen molar-refractivity contribution >= 4 is 29.6 Å². The molecule has 1 aromatic rings. The van der Waals surface area contributed by atoms with Gasteiger partial charge in [-0.25, -0.2) is 4.79 Å². The molecule has 1 aliphatic heterocycles. The third-order valence-corrected chi connectivity index (χ3v) is 9.11. The van der Waals surface area contributed by atoms with E-state index in [1.807, 2.05) is 52.0 Å². The Morgan fingerprint density at radius 1 is 1.02 bits per heavy atom. The van der Waals surface area contributed by atoms with Crippen LogP contribution < -0.4 is 20.7 Å². The maximum atomic E-state index is 14.1. The van der Waals surface area contributed by atoms with Crippen molar-refractivity contribution in [3.05, 3.63) is 29.8 Å². The SMILES string of the molecule is CCCCC(NC(=O)C1C2C(CN1C(=O)C(NC(=O)OC(C)(C)C)C(C)(C)C)C2(C)C)C(=O)C(=O)NCCc1ccccc1OC. The Balaban J connectivity index is 1.76. The van der Waals surface area contributed by atoms with Gasteiger partial charge in [0, 0.05) is 13.1 Å². The number of ether oxygens (including phenoxy) is 2. The Hall–Kier alpha value is -3.63. The molecule has 0 bridgehead atoms. The minimum absolute atomic E-state index is 0.0948. The lowest BCUT2D eigenvalue weighted by Crippen LogP contribution is -2.60. The fourth-order valence-electron chi connectivity index (χ4n) is 6.45. The number of hydrogen-bond acceptors (Lipinski definition) is 7. The molecule has 1 aromatic carbocycles. The van der Waals surface area contributed by atoms with Gasteiger partial charge in [0.05, 0.1) is 13.2 Å². The number of ketones is 1. The molecular weight excluding hydrogens is 588 g/mol. The molecule has 2 fully saturated rings. The van der Waals surface area contributed by atoms with Gasteiger partial charge in [0.15, 0.2) is 0 Å². The average Bonchev–Trinajstić information content (AvgIpc) is 3.27. The minimum atomic E-state index is -1.03. The fourth-order valence-corrected chi connectivity index (χ4v) is 6.45. The maximum Gasteiger partial charge on any atom is 0.408 e. The van der Waals surface area contributed by atoms with E-state index in [-0.39, 0.29) is 29.7 Å². The van der Waals surface area contributed by atoms with E-state index in [1.54, 1.807) is 27.9 Å². The van der Waals surface area contributed by atoms with Gasteiger partial charge >= 0.3 is 6.09 Å². The van der Waals surface area contributed by atoms with Gasteiger partial charge in [-0.15, -0.1) is 0 Å². The number of rotatable bonds is 13. The van der Waals surface area contributed by atoms with Gasteiger partial charge < -0.3 is 30.3 Å². The molecule has 11 nitrogen and oxygen atoms in total. The quantitative estimate of drug-likeness (QED) is 0.276. The molecule has 1 aliphatic carbocycles. The van der Waals surface area contributed by atoms with E-state index >= 15 is 0 Å². The number of benzene rings is 1. The maximum absolute atomic E-state index is 14.1. The molecule has 11 heteroatoms. The Bertz CT molecular complexity index is 1300. The van der Waals surface area contributed by atoms with Gasteiger partial charge in [-0.1, -0.05) is 72.6 Å². The molecule has 46 heavy (non-hydrogen) atoms. The van der Waals surface area contributed by atoms with Crippen molar-refractivity contribution in [1.29, 1.82) is 0 Å². The van der Waals surface area contributed by atoms with Crippen molar-refractivity contribution in [3.8, 4) is 5.75 Å². The zero-order chi connectivity index (χ0) is 34.6. The Morgan fingerprint density at radius 2 is 1.67 bits per heavy atom. The molecule has 256 valence electrons. The summed E-state index contributed by atoms with van der Waals surface area (Å²) in [6, 6.07) is 4.63. The van der Waals surface area contributed by atoms with E-state index < -0.39 is 52.8 Å². The highest BCUT2D eigenvalue weighted by atomic mass is 16.6. The van der Waals surface area contributed by atoms with Crippen molar-refractivity contribution in [2.75, 3.05) is 20.2 Å². The second kappa shape index (κ2) is 14.4. The first kappa shape index (κ1) is 36.8. The third-order valence-electron chi connectivity index (χ3n) is 9.11. The summed E-state index contributed by atoms with van der Waals surface area (Å²) in [7, 11) is 1.58. The molecule has 1 heterocycles. The summed E-state index contributed by atoms with van der Waals surface area (Å²) in [5, 5.41) is 8.29. The van der Waals surface area contributed by atoms with Crippen molar-refractivity contribution in [3.63, 3.8) is 0 Å². The van der Waals surface area contributed by atoms with Crippen LogP contribution in [-0.2, 0) is 30.3 Å². The number of hydrogen-bond donors (Lipinski definition) is 3. The standard InChI is InChI=1S/C35H54N4O7/c1-11-12-16-23(27(40)30(42)36-19-18-21-15-13-14-17-24(21)45-10)37-29(41)26-25-22(35(25,8)9)20-39(26)31(43)28(33(2,3)4)38-32(44)46-34(5,6)7/h13-15,17,22-23,25-26,28H,11-12,16,18-20H2,1-10H3,(H,36,42)(H,37,41)(H,38,44). The Kier molecular flexibility index (Phi) is 11.5. The Labute approximate surface area is 273 Å². The molecule has 4 amide bonds. The second-order valence-corrected chi connectivity index (χ2v) is 15.2. The van der Waals surface area contributed by atoms with Crippen molar-refractivity contribution < 1.29 is 33.4 Å². The highest BCUT2D eigenvalue weighted by molar-refractivity contribution is 6.38. The first-order valence-electron chi connectivity index (χ1n) is 16.4. The number of nitrogens with zero attached hydrogens (tertiary/aromatic N) is 1. The predicted molar refractivity (Wildman–Crippen MR) is 175 cm³/mol. The summed E-state index contributed by atoms with van der Waals surface area (Å²) in [5.41, 5.74) is -0.708. The van der Waals surface area contributed by atoms with Gasteiger partial charge in [-0.05, 0) is 67.9 Å². The molecule has 0 radical (unpaired) electrons. The number of piperidine rings is 1. The van der Waals surface area contributed by atoms with Crippen LogP contribution in [0.4, 0.5) is 4.79 Å². The third kappa shape index (κ3) is 8.79. The highest BCUT2D eigenvalue weighted by Gasteiger charge is 2.70.